The van der Waals surface area contributed by atoms with Crippen LogP contribution >= 0.6 is 0 Å². The van der Waals surface area contributed by atoms with Crippen LogP contribution in [-0.2, 0) is 28.6 Å². The number of allylic oxidation sites excluding steroid dienone is 12. The molecule has 0 aromatic heterocycles. The third-order valence-corrected chi connectivity index (χ3v) is 11.2. The molecule has 0 aliphatic rings. The monoisotopic (exact) mass is 879 g/mol. The molecule has 63 heavy (non-hydrogen) atoms. The van der Waals surface area contributed by atoms with Crippen molar-refractivity contribution in [1.29, 1.82) is 0 Å². The molecule has 0 amide bonds. The summed E-state index contributed by atoms with van der Waals surface area (Å²) in [6, 6.07) is 0. The van der Waals surface area contributed by atoms with Gasteiger partial charge in [-0.15, -0.1) is 0 Å². The van der Waals surface area contributed by atoms with Crippen LogP contribution < -0.4 is 0 Å². The van der Waals surface area contributed by atoms with Crippen LogP contribution in [0.3, 0.4) is 0 Å². The first-order valence-electron chi connectivity index (χ1n) is 26.4. The van der Waals surface area contributed by atoms with Crippen LogP contribution in [0.1, 0.15) is 252 Å². The third-order valence-electron chi connectivity index (χ3n) is 11.2. The molecule has 0 aliphatic heterocycles. The Balaban J connectivity index is 4.42. The molecule has 0 N–H and O–H groups in total. The molecule has 0 spiro atoms. The molecule has 6 nitrogen and oxygen atoms in total. The Morgan fingerprint density at radius 1 is 0.333 bits per heavy atom. The fourth-order valence-corrected chi connectivity index (χ4v) is 7.29. The summed E-state index contributed by atoms with van der Waals surface area (Å²) in [5.74, 6) is -0.915. The van der Waals surface area contributed by atoms with Crippen LogP contribution in [0.2, 0.25) is 0 Å². The second-order valence-corrected chi connectivity index (χ2v) is 17.4. The average Bonchev–Trinajstić information content (AvgIpc) is 3.28. The first-order valence-corrected chi connectivity index (χ1v) is 26.4. The number of hydrogen-bond donors (Lipinski definition) is 0. The van der Waals surface area contributed by atoms with Gasteiger partial charge in [-0.1, -0.05) is 222 Å². The van der Waals surface area contributed by atoms with Gasteiger partial charge in [0.05, 0.1) is 0 Å². The lowest BCUT2D eigenvalue weighted by Gasteiger charge is -2.18. The molecule has 0 saturated carbocycles. The Morgan fingerprint density at radius 2 is 0.619 bits per heavy atom. The molecule has 0 fully saturated rings. The molecule has 0 heterocycles. The standard InChI is InChI=1S/C57H98O6/c1-4-7-10-13-16-19-22-25-28-31-34-37-40-43-46-49-55(58)61-52-54(63-57(60)51-48-45-42-39-36-33-30-27-24-21-18-15-12-9-6-3)53-62-56(59)50-47-44-41-38-35-32-29-26-23-20-17-14-11-8-5-2/h7-8,10-11,16-17,19-20,25-26,28-29,54H,4-6,9,12-15,18,21-24,27,30-53H2,1-3H3. The Labute approximate surface area is 389 Å². The minimum absolute atomic E-state index is 0.0886. The van der Waals surface area contributed by atoms with Crippen molar-refractivity contribution in [1.82, 2.24) is 0 Å². The number of carbonyl (C=O) groups excluding carboxylic acids is 3. The highest BCUT2D eigenvalue weighted by atomic mass is 16.6. The summed E-state index contributed by atoms with van der Waals surface area (Å²) in [6.07, 6.45) is 64.5. The molecule has 0 atom stereocenters. The molecular formula is C57H98O6. The normalized spacial score (nSPS) is 12.6. The second-order valence-electron chi connectivity index (χ2n) is 17.4. The van der Waals surface area contributed by atoms with Gasteiger partial charge >= 0.3 is 17.9 Å². The molecule has 6 heteroatoms. The van der Waals surface area contributed by atoms with E-state index in [1.165, 1.54) is 77.0 Å². The minimum Gasteiger partial charge on any atom is -0.462 e. The smallest absolute Gasteiger partial charge is 0.306 e. The maximum absolute atomic E-state index is 12.8. The number of unbranched alkanes of at least 4 members (excludes halogenated alkanes) is 24. The van der Waals surface area contributed by atoms with Gasteiger partial charge in [0.15, 0.2) is 6.10 Å². The van der Waals surface area contributed by atoms with E-state index >= 15 is 0 Å². The van der Waals surface area contributed by atoms with Gasteiger partial charge in [-0.3, -0.25) is 14.4 Å². The van der Waals surface area contributed by atoms with Gasteiger partial charge in [-0.25, -0.2) is 0 Å². The van der Waals surface area contributed by atoms with Crippen LogP contribution in [0, 0.1) is 0 Å². The highest BCUT2D eigenvalue weighted by molar-refractivity contribution is 5.71. The van der Waals surface area contributed by atoms with Gasteiger partial charge < -0.3 is 14.2 Å². The van der Waals surface area contributed by atoms with E-state index < -0.39 is 6.10 Å². The third kappa shape index (κ3) is 49.7. The quantitative estimate of drug-likeness (QED) is 0.0262. The van der Waals surface area contributed by atoms with Gasteiger partial charge in [0.1, 0.15) is 13.2 Å². The zero-order valence-corrected chi connectivity index (χ0v) is 41.3. The summed E-state index contributed by atoms with van der Waals surface area (Å²) in [7, 11) is 0. The van der Waals surface area contributed by atoms with Gasteiger partial charge in [0.2, 0.25) is 0 Å². The van der Waals surface area contributed by atoms with Crippen molar-refractivity contribution in [2.75, 3.05) is 13.2 Å². The maximum Gasteiger partial charge on any atom is 0.306 e. The highest BCUT2D eigenvalue weighted by Crippen LogP contribution is 2.15. The predicted octanol–water partition coefficient (Wildman–Crippen LogP) is 17.4. The van der Waals surface area contributed by atoms with E-state index in [0.29, 0.717) is 19.3 Å². The lowest BCUT2D eigenvalue weighted by Crippen LogP contribution is -2.30. The van der Waals surface area contributed by atoms with Gasteiger partial charge in [-0.05, 0) is 83.5 Å². The summed E-state index contributed by atoms with van der Waals surface area (Å²) in [5.41, 5.74) is 0. The van der Waals surface area contributed by atoms with Crippen molar-refractivity contribution in [3.05, 3.63) is 72.9 Å². The van der Waals surface area contributed by atoms with Crippen LogP contribution in [0.4, 0.5) is 0 Å². The van der Waals surface area contributed by atoms with Crippen LogP contribution in [-0.4, -0.2) is 37.2 Å². The molecule has 0 radical (unpaired) electrons. The fourth-order valence-electron chi connectivity index (χ4n) is 7.29. The Kier molecular flexibility index (Phi) is 48.9. The molecule has 0 bridgehead atoms. The van der Waals surface area contributed by atoms with E-state index in [0.717, 1.165) is 135 Å². The molecule has 0 saturated heterocycles. The van der Waals surface area contributed by atoms with Crippen molar-refractivity contribution in [3.8, 4) is 0 Å². The first-order chi connectivity index (χ1) is 31.0. The Bertz CT molecular complexity index is 1120. The summed E-state index contributed by atoms with van der Waals surface area (Å²) >= 11 is 0. The van der Waals surface area contributed by atoms with E-state index in [-0.39, 0.29) is 31.1 Å². The summed E-state index contributed by atoms with van der Waals surface area (Å²) in [4.78, 5) is 38.0. The second kappa shape index (κ2) is 51.5. The Hall–Kier alpha value is -3.15. The van der Waals surface area contributed by atoms with Crippen LogP contribution in [0.5, 0.6) is 0 Å². The number of hydrogen-bond acceptors (Lipinski definition) is 6. The number of esters is 3. The van der Waals surface area contributed by atoms with Crippen molar-refractivity contribution >= 4 is 17.9 Å². The summed E-state index contributed by atoms with van der Waals surface area (Å²) in [5, 5.41) is 0. The summed E-state index contributed by atoms with van der Waals surface area (Å²) in [6.45, 7) is 6.40. The zero-order valence-electron chi connectivity index (χ0n) is 41.3. The number of carbonyl (C=O) groups is 3. The zero-order chi connectivity index (χ0) is 45.8. The molecule has 0 aromatic carbocycles. The molecular weight excluding hydrogens is 781 g/mol. The number of ether oxygens (including phenoxy) is 3. The van der Waals surface area contributed by atoms with Crippen molar-refractivity contribution in [2.45, 2.75) is 258 Å². The van der Waals surface area contributed by atoms with Gasteiger partial charge in [0, 0.05) is 19.3 Å². The molecule has 362 valence electrons. The van der Waals surface area contributed by atoms with E-state index in [9.17, 15) is 14.4 Å². The van der Waals surface area contributed by atoms with Crippen LogP contribution in [0.15, 0.2) is 72.9 Å². The van der Waals surface area contributed by atoms with E-state index in [2.05, 4.69) is 93.7 Å². The topological polar surface area (TPSA) is 78.9 Å². The number of rotatable bonds is 47. The Morgan fingerprint density at radius 3 is 0.968 bits per heavy atom. The minimum atomic E-state index is -0.787. The largest absolute Gasteiger partial charge is 0.462 e. The highest BCUT2D eigenvalue weighted by Gasteiger charge is 2.19. The lowest BCUT2D eigenvalue weighted by atomic mass is 10.0. The SMILES string of the molecule is CCC=CCC=CCC=CCCCCCCCC(=O)OCC(COC(=O)CCCCCCCC=CCC=CCC=CCC)OC(=O)CCCCCCCCCCCCCCCCC. The van der Waals surface area contributed by atoms with Gasteiger partial charge in [0.25, 0.3) is 0 Å². The van der Waals surface area contributed by atoms with E-state index in [1.54, 1.807) is 0 Å². The molecule has 0 rings (SSSR count). The molecule has 0 aromatic rings. The average molecular weight is 879 g/mol. The fraction of sp³-hybridized carbons (Fsp3) is 0.737. The molecule has 0 unspecified atom stereocenters. The van der Waals surface area contributed by atoms with Crippen molar-refractivity contribution < 1.29 is 28.6 Å². The van der Waals surface area contributed by atoms with E-state index in [4.69, 9.17) is 14.2 Å². The lowest BCUT2D eigenvalue weighted by molar-refractivity contribution is -0.167. The summed E-state index contributed by atoms with van der Waals surface area (Å²) < 4.78 is 16.8. The van der Waals surface area contributed by atoms with E-state index in [1.807, 2.05) is 0 Å². The predicted molar refractivity (Wildman–Crippen MR) is 270 cm³/mol. The van der Waals surface area contributed by atoms with Crippen molar-refractivity contribution in [2.24, 2.45) is 0 Å². The van der Waals surface area contributed by atoms with Gasteiger partial charge in [-0.2, -0.15) is 0 Å². The molecule has 0 aliphatic carbocycles. The first kappa shape index (κ1) is 59.9. The van der Waals surface area contributed by atoms with Crippen molar-refractivity contribution in [3.63, 3.8) is 0 Å². The van der Waals surface area contributed by atoms with Crippen LogP contribution in [0.25, 0.3) is 0 Å². The maximum atomic E-state index is 12.8.